The SMILES string of the molecule is COCOCCC#CC(=O)OC. The predicted octanol–water partition coefficient (Wildman–Crippen LogP) is 0.173. The molecule has 0 amide bonds. The smallest absolute Gasteiger partial charge is 0.384 e. The Morgan fingerprint density at radius 2 is 2.17 bits per heavy atom. The molecule has 0 N–H and O–H groups in total. The zero-order valence-electron chi connectivity index (χ0n) is 7.25. The van der Waals surface area contributed by atoms with E-state index in [4.69, 9.17) is 4.74 Å². The number of methoxy groups -OCH3 is 2. The summed E-state index contributed by atoms with van der Waals surface area (Å²) in [7, 11) is 2.83. The van der Waals surface area contributed by atoms with Crippen LogP contribution in [0.1, 0.15) is 6.42 Å². The lowest BCUT2D eigenvalue weighted by Gasteiger charge is -1.96. The molecule has 0 rings (SSSR count). The predicted molar refractivity (Wildman–Crippen MR) is 42.2 cm³/mol. The average Bonchev–Trinajstić information content (AvgIpc) is 2.10. The van der Waals surface area contributed by atoms with Crippen molar-refractivity contribution in [2.75, 3.05) is 27.6 Å². The Morgan fingerprint density at radius 3 is 2.75 bits per heavy atom. The molecule has 0 saturated heterocycles. The molecule has 12 heavy (non-hydrogen) atoms. The van der Waals surface area contributed by atoms with Gasteiger partial charge in [0.25, 0.3) is 0 Å². The first-order valence-electron chi connectivity index (χ1n) is 3.44. The third-order valence-electron chi connectivity index (χ3n) is 0.948. The van der Waals surface area contributed by atoms with Gasteiger partial charge in [-0.1, -0.05) is 5.92 Å². The Balaban J connectivity index is 3.27. The van der Waals surface area contributed by atoms with Gasteiger partial charge < -0.3 is 14.2 Å². The van der Waals surface area contributed by atoms with Gasteiger partial charge in [0.05, 0.1) is 13.7 Å². The summed E-state index contributed by atoms with van der Waals surface area (Å²) < 4.78 is 13.8. The summed E-state index contributed by atoms with van der Waals surface area (Å²) in [5, 5.41) is 0. The first-order chi connectivity index (χ1) is 5.81. The molecular formula is C8H12O4. The minimum atomic E-state index is -0.526. The maximum Gasteiger partial charge on any atom is 0.384 e. The highest BCUT2D eigenvalue weighted by Gasteiger charge is 1.88. The zero-order chi connectivity index (χ0) is 9.23. The minimum absolute atomic E-state index is 0.250. The number of hydrogen-bond donors (Lipinski definition) is 0. The third-order valence-corrected chi connectivity index (χ3v) is 0.948. The molecule has 0 aliphatic heterocycles. The minimum Gasteiger partial charge on any atom is -0.459 e. The third kappa shape index (κ3) is 7.06. The standard InChI is InChI=1S/C8H12O4/c1-10-7-12-6-4-3-5-8(9)11-2/h4,6-7H2,1-2H3. The summed E-state index contributed by atoms with van der Waals surface area (Å²) in [6, 6.07) is 0. The molecule has 68 valence electrons. The molecule has 0 aliphatic rings. The van der Waals surface area contributed by atoms with Gasteiger partial charge in [0.15, 0.2) is 0 Å². The van der Waals surface area contributed by atoms with E-state index in [-0.39, 0.29) is 6.79 Å². The monoisotopic (exact) mass is 172 g/mol. The van der Waals surface area contributed by atoms with Gasteiger partial charge in [0, 0.05) is 19.5 Å². The Morgan fingerprint density at radius 1 is 1.42 bits per heavy atom. The summed E-state index contributed by atoms with van der Waals surface area (Å²) in [5.41, 5.74) is 0. The molecule has 0 radical (unpaired) electrons. The van der Waals surface area contributed by atoms with Crippen LogP contribution in [0.5, 0.6) is 0 Å². The van der Waals surface area contributed by atoms with Crippen molar-refractivity contribution in [3.8, 4) is 11.8 Å². The van der Waals surface area contributed by atoms with Gasteiger partial charge in [-0.2, -0.15) is 0 Å². The highest BCUT2D eigenvalue weighted by atomic mass is 16.7. The quantitative estimate of drug-likeness (QED) is 0.199. The molecule has 4 nitrogen and oxygen atoms in total. The summed E-state index contributed by atoms with van der Waals surface area (Å²) in [4.78, 5) is 10.4. The molecule has 0 aromatic rings. The van der Waals surface area contributed by atoms with Crippen LogP contribution in [0, 0.1) is 11.8 Å². The van der Waals surface area contributed by atoms with Crippen LogP contribution in [0.25, 0.3) is 0 Å². The van der Waals surface area contributed by atoms with Crippen molar-refractivity contribution < 1.29 is 19.0 Å². The van der Waals surface area contributed by atoms with E-state index in [1.807, 2.05) is 0 Å². The van der Waals surface area contributed by atoms with Gasteiger partial charge in [-0.3, -0.25) is 0 Å². The Labute approximate surface area is 71.8 Å². The fraction of sp³-hybridized carbons (Fsp3) is 0.625. The van der Waals surface area contributed by atoms with Crippen LogP contribution in [-0.4, -0.2) is 33.6 Å². The Bertz CT molecular complexity index is 177. The molecular weight excluding hydrogens is 160 g/mol. The van der Waals surface area contributed by atoms with Crippen molar-refractivity contribution in [2.24, 2.45) is 0 Å². The van der Waals surface area contributed by atoms with Gasteiger partial charge in [0.1, 0.15) is 6.79 Å². The lowest BCUT2D eigenvalue weighted by molar-refractivity contribution is -0.133. The summed E-state index contributed by atoms with van der Waals surface area (Å²) in [6.45, 7) is 0.706. The lowest BCUT2D eigenvalue weighted by atomic mass is 10.4. The summed E-state index contributed by atoms with van der Waals surface area (Å²) in [6.07, 6.45) is 0.498. The van der Waals surface area contributed by atoms with Gasteiger partial charge in [0.2, 0.25) is 0 Å². The van der Waals surface area contributed by atoms with Crippen molar-refractivity contribution >= 4 is 5.97 Å². The van der Waals surface area contributed by atoms with Crippen molar-refractivity contribution in [3.63, 3.8) is 0 Å². The highest BCUT2D eigenvalue weighted by Crippen LogP contribution is 1.80. The second-order valence-corrected chi connectivity index (χ2v) is 1.86. The van der Waals surface area contributed by atoms with E-state index in [0.29, 0.717) is 13.0 Å². The summed E-state index contributed by atoms with van der Waals surface area (Å²) in [5.74, 6) is 4.34. The van der Waals surface area contributed by atoms with Gasteiger partial charge >= 0.3 is 5.97 Å². The van der Waals surface area contributed by atoms with Crippen LogP contribution in [0.3, 0.4) is 0 Å². The summed E-state index contributed by atoms with van der Waals surface area (Å²) >= 11 is 0. The van der Waals surface area contributed by atoms with E-state index in [1.54, 1.807) is 7.11 Å². The van der Waals surface area contributed by atoms with Crippen LogP contribution >= 0.6 is 0 Å². The van der Waals surface area contributed by atoms with Crippen molar-refractivity contribution in [2.45, 2.75) is 6.42 Å². The van der Waals surface area contributed by atoms with Gasteiger partial charge in [-0.05, 0) is 0 Å². The molecule has 0 aromatic carbocycles. The number of carbonyl (C=O) groups excluding carboxylic acids is 1. The maximum atomic E-state index is 10.4. The van der Waals surface area contributed by atoms with E-state index in [2.05, 4.69) is 21.3 Å². The number of carbonyl (C=O) groups is 1. The molecule has 0 saturated carbocycles. The lowest BCUT2D eigenvalue weighted by Crippen LogP contribution is -1.98. The van der Waals surface area contributed by atoms with Crippen LogP contribution in [-0.2, 0) is 19.0 Å². The Hall–Kier alpha value is -1.05. The fourth-order valence-corrected chi connectivity index (χ4v) is 0.451. The van der Waals surface area contributed by atoms with E-state index < -0.39 is 5.97 Å². The van der Waals surface area contributed by atoms with E-state index in [1.165, 1.54) is 7.11 Å². The average molecular weight is 172 g/mol. The molecule has 0 aromatic heterocycles. The highest BCUT2D eigenvalue weighted by molar-refractivity contribution is 5.88. The molecule has 4 heteroatoms. The largest absolute Gasteiger partial charge is 0.459 e. The van der Waals surface area contributed by atoms with Crippen LogP contribution in [0.2, 0.25) is 0 Å². The topological polar surface area (TPSA) is 44.8 Å². The fourth-order valence-electron chi connectivity index (χ4n) is 0.451. The number of esters is 1. The molecule has 0 bridgehead atoms. The van der Waals surface area contributed by atoms with Crippen molar-refractivity contribution in [1.82, 2.24) is 0 Å². The van der Waals surface area contributed by atoms with E-state index >= 15 is 0 Å². The first-order valence-corrected chi connectivity index (χ1v) is 3.44. The van der Waals surface area contributed by atoms with E-state index in [0.717, 1.165) is 0 Å². The Kier molecular flexibility index (Phi) is 7.35. The van der Waals surface area contributed by atoms with Crippen LogP contribution in [0.4, 0.5) is 0 Å². The zero-order valence-corrected chi connectivity index (χ0v) is 7.25. The maximum absolute atomic E-state index is 10.4. The number of ether oxygens (including phenoxy) is 3. The second-order valence-electron chi connectivity index (χ2n) is 1.86. The van der Waals surface area contributed by atoms with Gasteiger partial charge in [-0.15, -0.1) is 0 Å². The second kappa shape index (κ2) is 8.05. The first kappa shape index (κ1) is 11.0. The van der Waals surface area contributed by atoms with Gasteiger partial charge in [-0.25, -0.2) is 4.79 Å². The van der Waals surface area contributed by atoms with Crippen LogP contribution < -0.4 is 0 Å². The normalized spacial score (nSPS) is 8.50. The molecule has 0 aliphatic carbocycles. The van der Waals surface area contributed by atoms with Crippen molar-refractivity contribution in [3.05, 3.63) is 0 Å². The number of hydrogen-bond acceptors (Lipinski definition) is 4. The molecule has 0 unspecified atom stereocenters. The molecule has 0 heterocycles. The molecule has 0 fully saturated rings. The molecule has 0 atom stereocenters. The molecule has 0 spiro atoms. The van der Waals surface area contributed by atoms with E-state index in [9.17, 15) is 4.79 Å². The number of rotatable bonds is 4. The van der Waals surface area contributed by atoms with Crippen molar-refractivity contribution in [1.29, 1.82) is 0 Å². The van der Waals surface area contributed by atoms with Crippen LogP contribution in [0.15, 0.2) is 0 Å².